The maximum absolute atomic E-state index is 13.0. The van der Waals surface area contributed by atoms with Gasteiger partial charge in [0.25, 0.3) is 0 Å². The lowest BCUT2D eigenvalue weighted by Crippen LogP contribution is -2.41. The Morgan fingerprint density at radius 3 is 2.67 bits per heavy atom. The van der Waals surface area contributed by atoms with Gasteiger partial charge in [-0.1, -0.05) is 17.7 Å². The second-order valence-corrected chi connectivity index (χ2v) is 6.32. The first-order valence-electron chi connectivity index (χ1n) is 6.81. The minimum atomic E-state index is -0.508. The van der Waals surface area contributed by atoms with Crippen molar-refractivity contribution in [3.8, 4) is 0 Å². The second-order valence-electron chi connectivity index (χ2n) is 5.91. The van der Waals surface area contributed by atoms with Crippen molar-refractivity contribution in [2.45, 2.75) is 45.9 Å². The zero-order valence-corrected chi connectivity index (χ0v) is 13.6. The number of halogens is 2. The molecule has 1 aromatic carbocycles. The number of nitrogens with one attached hydrogen (secondary N) is 2. The van der Waals surface area contributed by atoms with Crippen LogP contribution in [0.1, 0.15) is 33.3 Å². The topological polar surface area (TPSA) is 50.4 Å². The second kappa shape index (κ2) is 7.61. The molecule has 0 radical (unpaired) electrons. The quantitative estimate of drug-likeness (QED) is 0.874. The lowest BCUT2D eigenvalue weighted by atomic mass is 10.2. The van der Waals surface area contributed by atoms with Gasteiger partial charge in [0, 0.05) is 19.1 Å². The Balaban J connectivity index is 2.32. The van der Waals surface area contributed by atoms with Crippen LogP contribution in [0, 0.1) is 5.82 Å². The number of ether oxygens (including phenoxy) is 1. The summed E-state index contributed by atoms with van der Waals surface area (Å²) >= 11 is 5.72. The van der Waals surface area contributed by atoms with Crippen LogP contribution in [0.5, 0.6) is 0 Å². The first-order chi connectivity index (χ1) is 9.67. The van der Waals surface area contributed by atoms with E-state index in [-0.39, 0.29) is 11.1 Å². The summed E-state index contributed by atoms with van der Waals surface area (Å²) in [6.07, 6.45) is -0.444. The molecule has 1 atom stereocenters. The minimum absolute atomic E-state index is 0.0429. The van der Waals surface area contributed by atoms with Crippen molar-refractivity contribution in [2.75, 3.05) is 6.54 Å². The molecule has 0 spiro atoms. The molecule has 4 nitrogen and oxygen atoms in total. The standard InChI is InChI=1S/C15H22ClFN2O2/c1-10(8-19-14(20)21-15(2,3)4)18-9-11-5-6-13(17)12(16)7-11/h5-7,10,18H,8-9H2,1-4H3,(H,19,20). The lowest BCUT2D eigenvalue weighted by molar-refractivity contribution is 0.0523. The van der Waals surface area contributed by atoms with Crippen molar-refractivity contribution in [1.82, 2.24) is 10.6 Å². The van der Waals surface area contributed by atoms with Crippen molar-refractivity contribution >= 4 is 17.7 Å². The van der Waals surface area contributed by atoms with Crippen LogP contribution in [-0.2, 0) is 11.3 Å². The van der Waals surface area contributed by atoms with E-state index in [0.29, 0.717) is 13.1 Å². The number of hydrogen-bond donors (Lipinski definition) is 2. The van der Waals surface area contributed by atoms with Crippen LogP contribution in [0.2, 0.25) is 5.02 Å². The molecule has 0 saturated heterocycles. The van der Waals surface area contributed by atoms with Gasteiger partial charge >= 0.3 is 6.09 Å². The summed E-state index contributed by atoms with van der Waals surface area (Å²) in [4.78, 5) is 11.5. The van der Waals surface area contributed by atoms with Crippen LogP contribution in [0.4, 0.5) is 9.18 Å². The molecular weight excluding hydrogens is 295 g/mol. The average Bonchev–Trinajstić information content (AvgIpc) is 2.36. The van der Waals surface area contributed by atoms with Crippen molar-refractivity contribution in [3.05, 3.63) is 34.6 Å². The highest BCUT2D eigenvalue weighted by Crippen LogP contribution is 2.15. The number of carbonyl (C=O) groups excluding carboxylic acids is 1. The summed E-state index contributed by atoms with van der Waals surface area (Å²) in [5, 5.41) is 6.00. The molecule has 0 aliphatic heterocycles. The molecule has 21 heavy (non-hydrogen) atoms. The maximum atomic E-state index is 13.0. The van der Waals surface area contributed by atoms with E-state index in [0.717, 1.165) is 5.56 Å². The zero-order valence-electron chi connectivity index (χ0n) is 12.8. The summed E-state index contributed by atoms with van der Waals surface area (Å²) in [6.45, 7) is 8.34. The van der Waals surface area contributed by atoms with Crippen LogP contribution in [0.25, 0.3) is 0 Å². The highest BCUT2D eigenvalue weighted by molar-refractivity contribution is 6.30. The Bertz CT molecular complexity index is 489. The zero-order chi connectivity index (χ0) is 16.0. The van der Waals surface area contributed by atoms with Crippen molar-refractivity contribution in [3.63, 3.8) is 0 Å². The minimum Gasteiger partial charge on any atom is -0.444 e. The molecule has 0 saturated carbocycles. The Hall–Kier alpha value is -1.33. The average molecular weight is 317 g/mol. The molecule has 0 bridgehead atoms. The molecule has 0 heterocycles. The van der Waals surface area contributed by atoms with Gasteiger partial charge in [-0.15, -0.1) is 0 Å². The van der Waals surface area contributed by atoms with Gasteiger partial charge in [0.1, 0.15) is 11.4 Å². The monoisotopic (exact) mass is 316 g/mol. The number of carbonyl (C=O) groups is 1. The molecule has 2 N–H and O–H groups in total. The van der Waals surface area contributed by atoms with Crippen molar-refractivity contribution in [2.24, 2.45) is 0 Å². The van der Waals surface area contributed by atoms with Crippen LogP contribution >= 0.6 is 11.6 Å². The Kier molecular flexibility index (Phi) is 6.42. The van der Waals surface area contributed by atoms with E-state index in [1.807, 2.05) is 27.7 Å². The molecular formula is C15H22ClFN2O2. The van der Waals surface area contributed by atoms with Gasteiger partial charge in [-0.2, -0.15) is 0 Å². The third-order valence-corrected chi connectivity index (χ3v) is 2.88. The molecule has 0 aliphatic rings. The van der Waals surface area contributed by atoms with Crippen LogP contribution in [-0.4, -0.2) is 24.3 Å². The number of hydrogen-bond acceptors (Lipinski definition) is 3. The Morgan fingerprint density at radius 1 is 1.43 bits per heavy atom. The van der Waals surface area contributed by atoms with Gasteiger partial charge in [-0.05, 0) is 45.4 Å². The largest absolute Gasteiger partial charge is 0.444 e. The number of benzene rings is 1. The van der Waals surface area contributed by atoms with E-state index in [4.69, 9.17) is 16.3 Å². The molecule has 1 aromatic rings. The Morgan fingerprint density at radius 2 is 2.10 bits per heavy atom. The molecule has 0 aromatic heterocycles. The van der Waals surface area contributed by atoms with Gasteiger partial charge < -0.3 is 15.4 Å². The van der Waals surface area contributed by atoms with Crippen LogP contribution in [0.3, 0.4) is 0 Å². The molecule has 1 rings (SSSR count). The first-order valence-corrected chi connectivity index (χ1v) is 7.19. The van der Waals surface area contributed by atoms with Gasteiger partial charge in [-0.3, -0.25) is 0 Å². The third-order valence-electron chi connectivity index (χ3n) is 2.59. The van der Waals surface area contributed by atoms with Gasteiger partial charge in [-0.25, -0.2) is 9.18 Å². The summed E-state index contributed by atoms with van der Waals surface area (Å²) < 4.78 is 18.2. The van der Waals surface area contributed by atoms with Crippen molar-refractivity contribution in [1.29, 1.82) is 0 Å². The first kappa shape index (κ1) is 17.7. The van der Waals surface area contributed by atoms with Crippen molar-refractivity contribution < 1.29 is 13.9 Å². The highest BCUT2D eigenvalue weighted by atomic mass is 35.5. The third kappa shape index (κ3) is 7.29. The fourth-order valence-corrected chi connectivity index (χ4v) is 1.77. The van der Waals surface area contributed by atoms with E-state index in [2.05, 4.69) is 10.6 Å². The smallest absolute Gasteiger partial charge is 0.407 e. The Labute approximate surface area is 130 Å². The summed E-state index contributed by atoms with van der Waals surface area (Å²) in [5.41, 5.74) is 0.372. The SMILES string of the molecule is CC(CNC(=O)OC(C)(C)C)NCc1ccc(F)c(Cl)c1. The van der Waals surface area contributed by atoms with Gasteiger partial charge in [0.2, 0.25) is 0 Å². The molecule has 0 fully saturated rings. The maximum Gasteiger partial charge on any atom is 0.407 e. The van der Waals surface area contributed by atoms with E-state index < -0.39 is 17.5 Å². The summed E-state index contributed by atoms with van der Waals surface area (Å²) in [7, 11) is 0. The van der Waals surface area contributed by atoms with E-state index in [1.165, 1.54) is 6.07 Å². The lowest BCUT2D eigenvalue weighted by Gasteiger charge is -2.21. The fourth-order valence-electron chi connectivity index (χ4n) is 1.56. The molecule has 118 valence electrons. The molecule has 6 heteroatoms. The van der Waals surface area contributed by atoms with E-state index in [9.17, 15) is 9.18 Å². The summed E-state index contributed by atoms with van der Waals surface area (Å²) in [6, 6.07) is 4.63. The van der Waals surface area contributed by atoms with E-state index in [1.54, 1.807) is 12.1 Å². The van der Waals surface area contributed by atoms with Gasteiger partial charge in [0.05, 0.1) is 5.02 Å². The number of amides is 1. The molecule has 0 aliphatic carbocycles. The fraction of sp³-hybridized carbons (Fsp3) is 0.533. The number of alkyl carbamates (subject to hydrolysis) is 1. The normalized spacial score (nSPS) is 12.9. The highest BCUT2D eigenvalue weighted by Gasteiger charge is 2.16. The predicted octanol–water partition coefficient (Wildman–Crippen LogP) is 3.48. The molecule has 1 unspecified atom stereocenters. The van der Waals surface area contributed by atoms with Gasteiger partial charge in [0.15, 0.2) is 0 Å². The van der Waals surface area contributed by atoms with Crippen LogP contribution < -0.4 is 10.6 Å². The van der Waals surface area contributed by atoms with Crippen LogP contribution in [0.15, 0.2) is 18.2 Å². The van der Waals surface area contributed by atoms with E-state index >= 15 is 0 Å². The predicted molar refractivity (Wildman–Crippen MR) is 81.9 cm³/mol. The molecule has 1 amide bonds. The summed E-state index contributed by atoms with van der Waals surface area (Å²) in [5.74, 6) is -0.431. The number of rotatable bonds is 5.